The van der Waals surface area contributed by atoms with Crippen LogP contribution in [0, 0.1) is 0 Å². The van der Waals surface area contributed by atoms with E-state index in [1.807, 2.05) is 27.1 Å². The molecule has 0 aliphatic heterocycles. The average Bonchev–Trinajstić information content (AvgIpc) is 2.99. The molecule has 0 fully saturated rings. The summed E-state index contributed by atoms with van der Waals surface area (Å²) in [5.41, 5.74) is 2.29. The van der Waals surface area contributed by atoms with Crippen molar-refractivity contribution in [2.45, 2.75) is 26.3 Å². The van der Waals surface area contributed by atoms with Gasteiger partial charge < -0.3 is 15.0 Å². The first-order chi connectivity index (χ1) is 11.6. The summed E-state index contributed by atoms with van der Waals surface area (Å²) in [5.74, 6) is 0.701. The molecule has 130 valence electrons. The van der Waals surface area contributed by atoms with E-state index < -0.39 is 0 Å². The molecule has 0 atom stereocenters. The van der Waals surface area contributed by atoms with Crippen LogP contribution in [0.4, 0.5) is 11.5 Å². The van der Waals surface area contributed by atoms with Crippen LogP contribution in [0.25, 0.3) is 0 Å². The minimum absolute atomic E-state index is 0.0144. The number of nitrogens with one attached hydrogen (secondary N) is 1. The summed E-state index contributed by atoms with van der Waals surface area (Å²) in [4.78, 5) is 14.0. The standard InChI is InChI=1S/C18H26N4O2/c1-4-24-13-5-6-18(23)20-17-11-12-19-22(17)14-15-7-9-16(10-8-15)21(2)3/h7-12H,4-6,13-14H2,1-3H3,(H,20,23). The lowest BCUT2D eigenvalue weighted by atomic mass is 10.2. The lowest BCUT2D eigenvalue weighted by molar-refractivity contribution is -0.116. The molecule has 6 nitrogen and oxygen atoms in total. The van der Waals surface area contributed by atoms with Gasteiger partial charge >= 0.3 is 0 Å². The Morgan fingerprint density at radius 3 is 2.67 bits per heavy atom. The van der Waals surface area contributed by atoms with Crippen LogP contribution in [0.1, 0.15) is 25.3 Å². The largest absolute Gasteiger partial charge is 0.382 e. The molecular weight excluding hydrogens is 304 g/mol. The molecule has 0 saturated carbocycles. The van der Waals surface area contributed by atoms with Gasteiger partial charge in [-0.25, -0.2) is 4.68 Å². The van der Waals surface area contributed by atoms with E-state index in [1.54, 1.807) is 10.9 Å². The average molecular weight is 330 g/mol. The van der Waals surface area contributed by atoms with E-state index in [1.165, 1.54) is 0 Å². The first-order valence-electron chi connectivity index (χ1n) is 8.26. The van der Waals surface area contributed by atoms with E-state index >= 15 is 0 Å². The maximum absolute atomic E-state index is 12.0. The second-order valence-corrected chi connectivity index (χ2v) is 5.78. The van der Waals surface area contributed by atoms with Crippen molar-refractivity contribution < 1.29 is 9.53 Å². The fraction of sp³-hybridized carbons (Fsp3) is 0.444. The highest BCUT2D eigenvalue weighted by atomic mass is 16.5. The SMILES string of the molecule is CCOCCCC(=O)Nc1ccnn1Cc1ccc(N(C)C)cc1. The Morgan fingerprint density at radius 2 is 2.00 bits per heavy atom. The predicted octanol–water partition coefficient (Wildman–Crippen LogP) is 2.75. The summed E-state index contributed by atoms with van der Waals surface area (Å²) in [7, 11) is 4.03. The zero-order valence-corrected chi connectivity index (χ0v) is 14.7. The van der Waals surface area contributed by atoms with Crippen molar-refractivity contribution in [2.75, 3.05) is 37.5 Å². The molecule has 0 aliphatic rings. The molecule has 1 amide bonds. The fourth-order valence-electron chi connectivity index (χ4n) is 2.32. The van der Waals surface area contributed by atoms with E-state index in [-0.39, 0.29) is 5.91 Å². The number of hydrogen-bond acceptors (Lipinski definition) is 4. The van der Waals surface area contributed by atoms with Crippen LogP contribution in [0.15, 0.2) is 36.5 Å². The van der Waals surface area contributed by atoms with Crippen molar-refractivity contribution in [2.24, 2.45) is 0 Å². The Balaban J connectivity index is 1.91. The maximum atomic E-state index is 12.0. The second kappa shape index (κ2) is 9.08. The van der Waals surface area contributed by atoms with Crippen LogP contribution in [0.5, 0.6) is 0 Å². The quantitative estimate of drug-likeness (QED) is 0.718. The predicted molar refractivity (Wildman–Crippen MR) is 96.5 cm³/mol. The molecule has 0 saturated heterocycles. The van der Waals surface area contributed by atoms with E-state index in [0.29, 0.717) is 32.0 Å². The normalized spacial score (nSPS) is 10.6. The number of aromatic nitrogens is 2. The number of benzene rings is 1. The molecule has 0 unspecified atom stereocenters. The summed E-state index contributed by atoms with van der Waals surface area (Å²) >= 11 is 0. The van der Waals surface area contributed by atoms with Crippen LogP contribution >= 0.6 is 0 Å². The number of nitrogens with zero attached hydrogens (tertiary/aromatic N) is 3. The number of carbonyl (C=O) groups excluding carboxylic acids is 1. The van der Waals surface area contributed by atoms with Gasteiger partial charge in [-0.3, -0.25) is 4.79 Å². The molecular formula is C18H26N4O2. The Labute approximate surface area is 143 Å². The smallest absolute Gasteiger partial charge is 0.225 e. The van der Waals surface area contributed by atoms with Crippen LogP contribution in [0.3, 0.4) is 0 Å². The summed E-state index contributed by atoms with van der Waals surface area (Å²) in [5, 5.41) is 7.21. The van der Waals surface area contributed by atoms with Gasteiger partial charge in [0.2, 0.25) is 5.91 Å². The van der Waals surface area contributed by atoms with Crippen LogP contribution < -0.4 is 10.2 Å². The van der Waals surface area contributed by atoms with E-state index in [4.69, 9.17) is 4.74 Å². The Hall–Kier alpha value is -2.34. The highest BCUT2D eigenvalue weighted by Crippen LogP contribution is 2.15. The minimum atomic E-state index is -0.0144. The van der Waals surface area contributed by atoms with Crippen molar-refractivity contribution in [1.29, 1.82) is 0 Å². The molecule has 24 heavy (non-hydrogen) atoms. The van der Waals surface area contributed by atoms with Crippen molar-refractivity contribution in [3.05, 3.63) is 42.1 Å². The van der Waals surface area contributed by atoms with Crippen LogP contribution in [-0.2, 0) is 16.1 Å². The van der Waals surface area contributed by atoms with Gasteiger partial charge in [-0.1, -0.05) is 12.1 Å². The van der Waals surface area contributed by atoms with Gasteiger partial charge in [-0.15, -0.1) is 0 Å². The van der Waals surface area contributed by atoms with E-state index in [2.05, 4.69) is 39.6 Å². The third-order valence-electron chi connectivity index (χ3n) is 3.67. The van der Waals surface area contributed by atoms with Gasteiger partial charge in [-0.05, 0) is 31.0 Å². The monoisotopic (exact) mass is 330 g/mol. The van der Waals surface area contributed by atoms with Crippen molar-refractivity contribution >= 4 is 17.4 Å². The van der Waals surface area contributed by atoms with Gasteiger partial charge in [-0.2, -0.15) is 5.10 Å². The van der Waals surface area contributed by atoms with E-state index in [0.717, 1.165) is 17.7 Å². The molecule has 0 aliphatic carbocycles. The molecule has 0 radical (unpaired) electrons. The van der Waals surface area contributed by atoms with Crippen molar-refractivity contribution in [3.63, 3.8) is 0 Å². The fourth-order valence-corrected chi connectivity index (χ4v) is 2.32. The molecule has 2 rings (SSSR count). The Bertz CT molecular complexity index is 635. The molecule has 0 spiro atoms. The number of ether oxygens (including phenoxy) is 1. The first-order valence-corrected chi connectivity index (χ1v) is 8.26. The summed E-state index contributed by atoms with van der Waals surface area (Å²) in [6.45, 7) is 3.86. The Morgan fingerprint density at radius 1 is 1.25 bits per heavy atom. The van der Waals surface area contributed by atoms with Crippen molar-refractivity contribution in [1.82, 2.24) is 9.78 Å². The highest BCUT2D eigenvalue weighted by molar-refractivity contribution is 5.89. The second-order valence-electron chi connectivity index (χ2n) is 5.78. The van der Waals surface area contributed by atoms with Crippen LogP contribution in [0.2, 0.25) is 0 Å². The number of carbonyl (C=O) groups is 1. The summed E-state index contributed by atoms with van der Waals surface area (Å²) in [6, 6.07) is 10.1. The van der Waals surface area contributed by atoms with Gasteiger partial charge in [0.25, 0.3) is 0 Å². The van der Waals surface area contributed by atoms with Crippen molar-refractivity contribution in [3.8, 4) is 0 Å². The molecule has 2 aromatic rings. The third kappa shape index (κ3) is 5.38. The van der Waals surface area contributed by atoms with Gasteiger partial charge in [0.05, 0.1) is 12.7 Å². The number of anilines is 2. The molecule has 6 heteroatoms. The van der Waals surface area contributed by atoms with E-state index in [9.17, 15) is 4.79 Å². The summed E-state index contributed by atoms with van der Waals surface area (Å²) in [6.07, 6.45) is 2.87. The zero-order valence-electron chi connectivity index (χ0n) is 14.7. The minimum Gasteiger partial charge on any atom is -0.382 e. The lowest BCUT2D eigenvalue weighted by Gasteiger charge is -2.13. The number of amides is 1. The van der Waals surface area contributed by atoms with Gasteiger partial charge in [0, 0.05) is 45.5 Å². The summed E-state index contributed by atoms with van der Waals surface area (Å²) < 4.78 is 7.04. The van der Waals surface area contributed by atoms with Crippen LogP contribution in [-0.4, -0.2) is 43.0 Å². The maximum Gasteiger partial charge on any atom is 0.225 e. The zero-order chi connectivity index (χ0) is 17.4. The third-order valence-corrected chi connectivity index (χ3v) is 3.67. The Kier molecular flexibility index (Phi) is 6.81. The molecule has 1 aromatic heterocycles. The number of hydrogen-bond donors (Lipinski definition) is 1. The number of rotatable bonds is 9. The first kappa shape index (κ1) is 18.0. The highest BCUT2D eigenvalue weighted by Gasteiger charge is 2.08. The van der Waals surface area contributed by atoms with Gasteiger partial charge in [0.1, 0.15) is 5.82 Å². The lowest BCUT2D eigenvalue weighted by Crippen LogP contribution is -2.16. The topological polar surface area (TPSA) is 59.4 Å². The molecule has 1 N–H and O–H groups in total. The molecule has 0 bridgehead atoms. The van der Waals surface area contributed by atoms with Gasteiger partial charge in [0.15, 0.2) is 0 Å². The molecule has 1 heterocycles. The molecule has 1 aromatic carbocycles.